The van der Waals surface area contributed by atoms with Crippen molar-refractivity contribution in [1.29, 1.82) is 0 Å². The molecule has 3 atom stereocenters. The number of hydrogen-bond acceptors (Lipinski definition) is 5. The molecule has 4 heterocycles. The predicted octanol–water partition coefficient (Wildman–Crippen LogP) is 0.779. The standard InChI is InChI=1S/C13H14N4O3/c18-13(19)9-5-10-8(2-4-20-10)17(9)12-7-1-3-14-11(7)15-6-16-12/h1,3,6,8-10H,2,4-5H2,(H,18,19)(H,14,15,16)/t8-,9-,10-/m0/s1. The van der Waals surface area contributed by atoms with Gasteiger partial charge in [-0.15, -0.1) is 0 Å². The van der Waals surface area contributed by atoms with Gasteiger partial charge in [-0.2, -0.15) is 0 Å². The number of hydrogen-bond donors (Lipinski definition) is 2. The second kappa shape index (κ2) is 4.17. The summed E-state index contributed by atoms with van der Waals surface area (Å²) in [6, 6.07) is 1.38. The Kier molecular flexibility index (Phi) is 2.43. The zero-order valence-electron chi connectivity index (χ0n) is 10.7. The van der Waals surface area contributed by atoms with E-state index in [0.717, 1.165) is 17.5 Å². The lowest BCUT2D eigenvalue weighted by Crippen LogP contribution is -2.42. The molecule has 0 aliphatic carbocycles. The molecule has 104 valence electrons. The minimum absolute atomic E-state index is 0.0138. The van der Waals surface area contributed by atoms with E-state index in [1.54, 1.807) is 6.20 Å². The molecule has 2 aliphatic heterocycles. The predicted molar refractivity (Wildman–Crippen MR) is 70.6 cm³/mol. The molecule has 0 saturated carbocycles. The number of H-pyrrole nitrogens is 1. The molecular weight excluding hydrogens is 260 g/mol. The monoisotopic (exact) mass is 274 g/mol. The number of rotatable bonds is 2. The first-order valence-electron chi connectivity index (χ1n) is 6.66. The number of carbonyl (C=O) groups is 1. The molecule has 0 bridgehead atoms. The average molecular weight is 274 g/mol. The Hall–Kier alpha value is -2.15. The molecule has 0 radical (unpaired) electrons. The number of aromatic amines is 1. The molecule has 2 N–H and O–H groups in total. The summed E-state index contributed by atoms with van der Waals surface area (Å²) in [6.07, 6.45) is 4.59. The van der Waals surface area contributed by atoms with Crippen LogP contribution in [-0.4, -0.2) is 50.8 Å². The number of ether oxygens (including phenoxy) is 1. The first kappa shape index (κ1) is 11.7. The fraction of sp³-hybridized carbons (Fsp3) is 0.462. The van der Waals surface area contributed by atoms with Gasteiger partial charge in [-0.3, -0.25) is 0 Å². The molecule has 2 aliphatic rings. The fourth-order valence-corrected chi connectivity index (χ4v) is 3.33. The van der Waals surface area contributed by atoms with E-state index in [0.29, 0.717) is 18.8 Å². The van der Waals surface area contributed by atoms with Crippen molar-refractivity contribution in [3.8, 4) is 0 Å². The number of aromatic nitrogens is 3. The van der Waals surface area contributed by atoms with Crippen LogP contribution in [0, 0.1) is 0 Å². The maximum Gasteiger partial charge on any atom is 0.326 e. The van der Waals surface area contributed by atoms with E-state index in [-0.39, 0.29) is 12.1 Å². The van der Waals surface area contributed by atoms with Crippen LogP contribution in [0.1, 0.15) is 12.8 Å². The molecule has 0 unspecified atom stereocenters. The van der Waals surface area contributed by atoms with E-state index in [1.165, 1.54) is 6.33 Å². The molecule has 7 nitrogen and oxygen atoms in total. The summed E-state index contributed by atoms with van der Waals surface area (Å²) in [6.45, 7) is 0.680. The number of carboxylic acid groups (broad SMARTS) is 1. The number of nitrogens with one attached hydrogen (secondary N) is 1. The van der Waals surface area contributed by atoms with Crippen LogP contribution in [0.2, 0.25) is 0 Å². The minimum Gasteiger partial charge on any atom is -0.480 e. The van der Waals surface area contributed by atoms with E-state index in [9.17, 15) is 9.90 Å². The Morgan fingerprint density at radius 1 is 1.50 bits per heavy atom. The van der Waals surface area contributed by atoms with E-state index in [4.69, 9.17) is 4.74 Å². The molecule has 2 aromatic heterocycles. The molecule has 20 heavy (non-hydrogen) atoms. The topological polar surface area (TPSA) is 91.3 Å². The van der Waals surface area contributed by atoms with Crippen molar-refractivity contribution in [3.05, 3.63) is 18.6 Å². The van der Waals surface area contributed by atoms with Crippen LogP contribution in [0.25, 0.3) is 11.0 Å². The molecule has 0 aromatic carbocycles. The van der Waals surface area contributed by atoms with Gasteiger partial charge in [0.2, 0.25) is 0 Å². The van der Waals surface area contributed by atoms with E-state index in [1.807, 2.05) is 11.0 Å². The van der Waals surface area contributed by atoms with Crippen molar-refractivity contribution in [1.82, 2.24) is 15.0 Å². The molecule has 0 amide bonds. The normalized spacial score (nSPS) is 29.0. The van der Waals surface area contributed by atoms with E-state index < -0.39 is 12.0 Å². The summed E-state index contributed by atoms with van der Waals surface area (Å²) in [5.74, 6) is -0.146. The quantitative estimate of drug-likeness (QED) is 0.841. The Morgan fingerprint density at radius 2 is 2.40 bits per heavy atom. The third-order valence-electron chi connectivity index (χ3n) is 4.19. The van der Waals surface area contributed by atoms with Crippen LogP contribution < -0.4 is 4.90 Å². The summed E-state index contributed by atoms with van der Waals surface area (Å²) in [4.78, 5) is 25.0. The summed E-state index contributed by atoms with van der Waals surface area (Å²) in [5, 5.41) is 10.3. The largest absolute Gasteiger partial charge is 0.480 e. The third kappa shape index (κ3) is 1.53. The van der Waals surface area contributed by atoms with Crippen molar-refractivity contribution in [2.75, 3.05) is 11.5 Å². The van der Waals surface area contributed by atoms with Crippen LogP contribution >= 0.6 is 0 Å². The zero-order chi connectivity index (χ0) is 13.7. The van der Waals surface area contributed by atoms with E-state index >= 15 is 0 Å². The SMILES string of the molecule is O=C(O)[C@@H]1C[C@@H]2OCC[C@@H]2N1c1ncnc2[nH]ccc12. The molecular formula is C13H14N4O3. The lowest BCUT2D eigenvalue weighted by molar-refractivity contribution is -0.138. The van der Waals surface area contributed by atoms with Gasteiger partial charge in [-0.1, -0.05) is 0 Å². The van der Waals surface area contributed by atoms with Crippen molar-refractivity contribution in [3.63, 3.8) is 0 Å². The van der Waals surface area contributed by atoms with Crippen LogP contribution in [0.3, 0.4) is 0 Å². The van der Waals surface area contributed by atoms with E-state index in [2.05, 4.69) is 15.0 Å². The van der Waals surface area contributed by atoms with Gasteiger partial charge >= 0.3 is 5.97 Å². The Bertz CT molecular complexity index is 670. The number of aliphatic carboxylic acids is 1. The molecule has 2 saturated heterocycles. The Labute approximate surface area is 114 Å². The number of anilines is 1. The van der Waals surface area contributed by atoms with Gasteiger partial charge in [-0.05, 0) is 12.5 Å². The number of fused-ring (bicyclic) bond motifs is 2. The molecule has 2 fully saturated rings. The van der Waals surface area contributed by atoms with Crippen molar-refractivity contribution >= 4 is 22.8 Å². The Balaban J connectivity index is 1.85. The fourth-order valence-electron chi connectivity index (χ4n) is 3.33. The summed E-state index contributed by atoms with van der Waals surface area (Å²) >= 11 is 0. The first-order valence-corrected chi connectivity index (χ1v) is 6.66. The highest BCUT2D eigenvalue weighted by Gasteiger charge is 2.48. The van der Waals surface area contributed by atoms with Crippen molar-refractivity contribution in [2.45, 2.75) is 31.0 Å². The average Bonchev–Trinajstić information content (AvgIpc) is 3.12. The lowest BCUT2D eigenvalue weighted by atomic mass is 10.1. The minimum atomic E-state index is -0.828. The highest BCUT2D eigenvalue weighted by molar-refractivity contribution is 5.90. The summed E-state index contributed by atoms with van der Waals surface area (Å²) in [7, 11) is 0. The van der Waals surface area contributed by atoms with Gasteiger partial charge in [0.25, 0.3) is 0 Å². The van der Waals surface area contributed by atoms with Crippen LogP contribution in [0.4, 0.5) is 5.82 Å². The van der Waals surface area contributed by atoms with Crippen molar-refractivity contribution < 1.29 is 14.6 Å². The van der Waals surface area contributed by atoms with Gasteiger partial charge in [0.15, 0.2) is 0 Å². The second-order valence-corrected chi connectivity index (χ2v) is 5.20. The Morgan fingerprint density at radius 3 is 3.25 bits per heavy atom. The zero-order valence-corrected chi connectivity index (χ0v) is 10.7. The van der Waals surface area contributed by atoms with Gasteiger partial charge in [0, 0.05) is 19.2 Å². The summed E-state index contributed by atoms with van der Waals surface area (Å²) in [5.41, 5.74) is 0.724. The highest BCUT2D eigenvalue weighted by atomic mass is 16.5. The lowest BCUT2D eigenvalue weighted by Gasteiger charge is -2.28. The van der Waals surface area contributed by atoms with Gasteiger partial charge in [0.1, 0.15) is 23.8 Å². The number of carboxylic acids is 1. The van der Waals surface area contributed by atoms with Gasteiger partial charge in [-0.25, -0.2) is 14.8 Å². The highest BCUT2D eigenvalue weighted by Crippen LogP contribution is 2.38. The van der Waals surface area contributed by atoms with Crippen LogP contribution in [0.5, 0.6) is 0 Å². The number of nitrogens with zero attached hydrogens (tertiary/aromatic N) is 3. The third-order valence-corrected chi connectivity index (χ3v) is 4.19. The van der Waals surface area contributed by atoms with Crippen LogP contribution in [-0.2, 0) is 9.53 Å². The second-order valence-electron chi connectivity index (χ2n) is 5.20. The van der Waals surface area contributed by atoms with Gasteiger partial charge in [0.05, 0.1) is 17.5 Å². The van der Waals surface area contributed by atoms with Crippen LogP contribution in [0.15, 0.2) is 18.6 Å². The maximum atomic E-state index is 11.5. The molecule has 2 aromatic rings. The smallest absolute Gasteiger partial charge is 0.326 e. The summed E-state index contributed by atoms with van der Waals surface area (Å²) < 4.78 is 5.65. The molecule has 4 rings (SSSR count). The maximum absolute atomic E-state index is 11.5. The van der Waals surface area contributed by atoms with Crippen molar-refractivity contribution in [2.24, 2.45) is 0 Å². The van der Waals surface area contributed by atoms with Gasteiger partial charge < -0.3 is 19.7 Å². The molecule has 7 heteroatoms. The molecule has 0 spiro atoms. The first-order chi connectivity index (χ1) is 9.75.